The number of hydrogen-bond donors (Lipinski definition) is 1. The van der Waals surface area contributed by atoms with E-state index in [-0.39, 0.29) is 12.5 Å². The third kappa shape index (κ3) is 4.30. The van der Waals surface area contributed by atoms with Crippen molar-refractivity contribution in [3.8, 4) is 11.4 Å². The summed E-state index contributed by atoms with van der Waals surface area (Å²) in [6.07, 6.45) is 1.76. The first-order valence-electron chi connectivity index (χ1n) is 8.52. The van der Waals surface area contributed by atoms with E-state index in [2.05, 4.69) is 28.7 Å². The number of carboxylic acid groups (broad SMARTS) is 1. The number of hydrogen-bond acceptors (Lipinski definition) is 6. The number of aromatic nitrogens is 3. The number of aliphatic carboxylic acids is 1. The zero-order valence-electron chi connectivity index (χ0n) is 14.6. The van der Waals surface area contributed by atoms with E-state index in [1.54, 1.807) is 6.20 Å². The summed E-state index contributed by atoms with van der Waals surface area (Å²) in [5, 5.41) is 8.93. The van der Waals surface area contributed by atoms with Crippen molar-refractivity contribution >= 4 is 11.8 Å². The molecule has 0 aliphatic carbocycles. The van der Waals surface area contributed by atoms with Crippen molar-refractivity contribution in [3.63, 3.8) is 0 Å². The second-order valence-corrected chi connectivity index (χ2v) is 6.50. The minimum atomic E-state index is -0.782. The van der Waals surface area contributed by atoms with Gasteiger partial charge in [-0.15, -0.1) is 0 Å². The molecule has 3 heterocycles. The predicted octanol–water partition coefficient (Wildman–Crippen LogP) is 1.87. The molecule has 0 aromatic carbocycles. The van der Waals surface area contributed by atoms with Crippen LogP contribution < -0.4 is 4.90 Å². The monoisotopic (exact) mass is 341 g/mol. The molecule has 0 amide bonds. The summed E-state index contributed by atoms with van der Waals surface area (Å²) in [6, 6.07) is 7.75. The van der Waals surface area contributed by atoms with Crippen molar-refractivity contribution in [2.45, 2.75) is 19.8 Å². The molecule has 1 aliphatic rings. The molecule has 3 rings (SSSR count). The van der Waals surface area contributed by atoms with Crippen LogP contribution in [0.4, 0.5) is 5.82 Å². The first-order valence-corrected chi connectivity index (χ1v) is 8.52. The maximum Gasteiger partial charge on any atom is 0.317 e. The van der Waals surface area contributed by atoms with Crippen molar-refractivity contribution < 1.29 is 9.90 Å². The first-order chi connectivity index (χ1) is 12.0. The summed E-state index contributed by atoms with van der Waals surface area (Å²) >= 11 is 0. The van der Waals surface area contributed by atoms with E-state index in [0.717, 1.165) is 36.1 Å². The molecule has 2 aromatic rings. The summed E-state index contributed by atoms with van der Waals surface area (Å²) < 4.78 is 0. The molecule has 0 bridgehead atoms. The molecule has 0 radical (unpaired) electrons. The number of piperazine rings is 1. The molecule has 0 atom stereocenters. The molecule has 0 saturated carbocycles. The minimum absolute atomic E-state index is 0.0913. The van der Waals surface area contributed by atoms with Crippen molar-refractivity contribution in [2.24, 2.45) is 0 Å². The van der Waals surface area contributed by atoms with Gasteiger partial charge in [-0.05, 0) is 12.1 Å². The van der Waals surface area contributed by atoms with E-state index in [4.69, 9.17) is 10.1 Å². The highest BCUT2D eigenvalue weighted by molar-refractivity contribution is 5.69. The largest absolute Gasteiger partial charge is 0.480 e. The summed E-state index contributed by atoms with van der Waals surface area (Å²) in [4.78, 5) is 28.8. The van der Waals surface area contributed by atoms with Crippen LogP contribution in [0, 0.1) is 0 Å². The molecule has 1 saturated heterocycles. The van der Waals surface area contributed by atoms with Crippen LogP contribution in [0.25, 0.3) is 11.4 Å². The minimum Gasteiger partial charge on any atom is -0.480 e. The standard InChI is InChI=1S/C18H23N5O2/c1-13(2)18-20-15(14-5-3-4-6-19-14)11-16(21-18)23-9-7-22(8-10-23)12-17(24)25/h3-6,11,13H,7-10,12H2,1-2H3,(H,24,25). The van der Waals surface area contributed by atoms with Crippen LogP contribution >= 0.6 is 0 Å². The summed E-state index contributed by atoms with van der Waals surface area (Å²) in [6.45, 7) is 7.18. The zero-order chi connectivity index (χ0) is 17.8. The van der Waals surface area contributed by atoms with Gasteiger partial charge in [0.25, 0.3) is 0 Å². The smallest absolute Gasteiger partial charge is 0.317 e. The molecule has 1 N–H and O–H groups in total. The lowest BCUT2D eigenvalue weighted by Crippen LogP contribution is -2.48. The summed E-state index contributed by atoms with van der Waals surface area (Å²) in [5.74, 6) is 1.12. The maximum atomic E-state index is 10.9. The van der Waals surface area contributed by atoms with Crippen LogP contribution in [-0.2, 0) is 4.79 Å². The van der Waals surface area contributed by atoms with E-state index in [1.165, 1.54) is 0 Å². The van der Waals surface area contributed by atoms with E-state index >= 15 is 0 Å². The van der Waals surface area contributed by atoms with Crippen molar-refractivity contribution in [3.05, 3.63) is 36.3 Å². The van der Waals surface area contributed by atoms with Crippen molar-refractivity contribution in [1.82, 2.24) is 19.9 Å². The Morgan fingerprint density at radius 3 is 2.52 bits per heavy atom. The topological polar surface area (TPSA) is 82.5 Å². The fourth-order valence-electron chi connectivity index (χ4n) is 2.84. The Bertz CT molecular complexity index is 728. The third-order valence-electron chi connectivity index (χ3n) is 4.23. The van der Waals surface area contributed by atoms with Crippen LogP contribution in [0.2, 0.25) is 0 Å². The molecule has 0 unspecified atom stereocenters. The fraction of sp³-hybridized carbons (Fsp3) is 0.444. The highest BCUT2D eigenvalue weighted by Crippen LogP contribution is 2.24. The molecule has 7 nitrogen and oxygen atoms in total. The lowest BCUT2D eigenvalue weighted by molar-refractivity contribution is -0.138. The van der Waals surface area contributed by atoms with Crippen LogP contribution in [-0.4, -0.2) is 63.7 Å². The molecule has 7 heteroatoms. The SMILES string of the molecule is CC(C)c1nc(-c2ccccn2)cc(N2CCN(CC(=O)O)CC2)n1. The van der Waals surface area contributed by atoms with Gasteiger partial charge in [-0.25, -0.2) is 9.97 Å². The Labute approximate surface area is 147 Å². The van der Waals surface area contributed by atoms with Gasteiger partial charge >= 0.3 is 5.97 Å². The summed E-state index contributed by atoms with van der Waals surface area (Å²) in [7, 11) is 0. The average Bonchev–Trinajstić information content (AvgIpc) is 2.62. The number of carboxylic acids is 1. The van der Waals surface area contributed by atoms with E-state index in [0.29, 0.717) is 13.1 Å². The van der Waals surface area contributed by atoms with Gasteiger partial charge in [-0.1, -0.05) is 19.9 Å². The highest BCUT2D eigenvalue weighted by Gasteiger charge is 2.21. The number of pyridine rings is 1. The highest BCUT2D eigenvalue weighted by atomic mass is 16.4. The van der Waals surface area contributed by atoms with Crippen LogP contribution in [0.3, 0.4) is 0 Å². The van der Waals surface area contributed by atoms with Gasteiger partial charge in [0.2, 0.25) is 0 Å². The van der Waals surface area contributed by atoms with Gasteiger partial charge in [0.05, 0.1) is 17.9 Å². The van der Waals surface area contributed by atoms with Crippen LogP contribution in [0.5, 0.6) is 0 Å². The molecule has 2 aromatic heterocycles. The average molecular weight is 341 g/mol. The Morgan fingerprint density at radius 2 is 1.92 bits per heavy atom. The summed E-state index contributed by atoms with van der Waals surface area (Å²) in [5.41, 5.74) is 1.65. The number of rotatable bonds is 5. The van der Waals surface area contributed by atoms with Gasteiger partial charge < -0.3 is 10.0 Å². The Hall–Kier alpha value is -2.54. The zero-order valence-corrected chi connectivity index (χ0v) is 14.6. The van der Waals surface area contributed by atoms with Gasteiger partial charge in [0.1, 0.15) is 11.6 Å². The Kier molecular flexibility index (Phi) is 5.23. The van der Waals surface area contributed by atoms with Crippen LogP contribution in [0.15, 0.2) is 30.5 Å². The second-order valence-electron chi connectivity index (χ2n) is 6.50. The number of carbonyl (C=O) groups is 1. The molecule has 0 spiro atoms. The lowest BCUT2D eigenvalue weighted by atomic mass is 10.2. The molecule has 1 fully saturated rings. The normalized spacial score (nSPS) is 15.6. The molecule has 1 aliphatic heterocycles. The molecule has 25 heavy (non-hydrogen) atoms. The molecule has 132 valence electrons. The van der Waals surface area contributed by atoms with E-state index < -0.39 is 5.97 Å². The van der Waals surface area contributed by atoms with Crippen molar-refractivity contribution in [1.29, 1.82) is 0 Å². The molecular weight excluding hydrogens is 318 g/mol. The Morgan fingerprint density at radius 1 is 1.16 bits per heavy atom. The third-order valence-corrected chi connectivity index (χ3v) is 4.23. The second kappa shape index (κ2) is 7.57. The van der Waals surface area contributed by atoms with Crippen LogP contribution in [0.1, 0.15) is 25.6 Å². The molecular formula is C18H23N5O2. The quantitative estimate of drug-likeness (QED) is 0.889. The van der Waals surface area contributed by atoms with E-state index in [1.807, 2.05) is 29.2 Å². The van der Waals surface area contributed by atoms with Crippen molar-refractivity contribution in [2.75, 3.05) is 37.6 Å². The lowest BCUT2D eigenvalue weighted by Gasteiger charge is -2.34. The predicted molar refractivity (Wildman–Crippen MR) is 95.6 cm³/mol. The Balaban J connectivity index is 1.84. The maximum absolute atomic E-state index is 10.9. The van der Waals surface area contributed by atoms with E-state index in [9.17, 15) is 4.79 Å². The fourth-order valence-corrected chi connectivity index (χ4v) is 2.84. The number of nitrogens with zero attached hydrogens (tertiary/aromatic N) is 5. The van der Waals surface area contributed by atoms with Gasteiger partial charge in [-0.3, -0.25) is 14.7 Å². The van der Waals surface area contributed by atoms with Gasteiger partial charge in [0, 0.05) is 44.4 Å². The van der Waals surface area contributed by atoms with Gasteiger partial charge in [-0.2, -0.15) is 0 Å². The number of anilines is 1. The van der Waals surface area contributed by atoms with Gasteiger partial charge in [0.15, 0.2) is 0 Å². The first kappa shape index (κ1) is 17.3.